The smallest absolute Gasteiger partial charge is 0.263 e. The van der Waals surface area contributed by atoms with Crippen LogP contribution in [0.3, 0.4) is 0 Å². The van der Waals surface area contributed by atoms with Crippen LogP contribution in [0.15, 0.2) is 59.5 Å². The quantitative estimate of drug-likeness (QED) is 0.596. The molecular formula is C20H19FN4O4S. The number of benzene rings is 2. The molecular weight excluding hydrogens is 411 g/mol. The molecule has 0 spiro atoms. The fraction of sp³-hybridized carbons (Fsp3) is 0.150. The zero-order valence-corrected chi connectivity index (χ0v) is 17.0. The highest BCUT2D eigenvalue weighted by molar-refractivity contribution is 7.92. The number of nitrogens with one attached hydrogen (secondary N) is 2. The van der Waals surface area contributed by atoms with Crippen molar-refractivity contribution in [3.63, 3.8) is 0 Å². The van der Waals surface area contributed by atoms with Gasteiger partial charge in [-0.15, -0.1) is 0 Å². The third kappa shape index (κ3) is 5.74. The second kappa shape index (κ2) is 8.87. The summed E-state index contributed by atoms with van der Waals surface area (Å²) in [6.45, 7) is 3.08. The Balaban J connectivity index is 1.61. The van der Waals surface area contributed by atoms with Crippen molar-refractivity contribution in [1.29, 1.82) is 0 Å². The molecule has 1 aromatic heterocycles. The van der Waals surface area contributed by atoms with E-state index in [1.165, 1.54) is 54.6 Å². The van der Waals surface area contributed by atoms with E-state index in [1.54, 1.807) is 13.8 Å². The van der Waals surface area contributed by atoms with E-state index >= 15 is 0 Å². The van der Waals surface area contributed by atoms with Gasteiger partial charge in [0, 0.05) is 23.5 Å². The predicted molar refractivity (Wildman–Crippen MR) is 109 cm³/mol. The second-order valence-corrected chi connectivity index (χ2v) is 8.05. The van der Waals surface area contributed by atoms with Crippen LogP contribution in [0.2, 0.25) is 0 Å². The molecule has 0 bridgehead atoms. The van der Waals surface area contributed by atoms with Crippen LogP contribution in [-0.2, 0) is 14.8 Å². The van der Waals surface area contributed by atoms with E-state index in [0.717, 1.165) is 0 Å². The molecule has 1 amide bonds. The molecule has 8 nitrogen and oxygen atoms in total. The topological polar surface area (TPSA) is 110 Å². The first kappa shape index (κ1) is 21.2. The molecule has 3 aromatic rings. The molecule has 0 unspecified atom stereocenters. The maximum absolute atomic E-state index is 13.1. The number of aromatic nitrogens is 2. The number of anilines is 2. The van der Waals surface area contributed by atoms with E-state index in [4.69, 9.17) is 4.74 Å². The van der Waals surface area contributed by atoms with Crippen molar-refractivity contribution in [2.75, 3.05) is 16.6 Å². The zero-order valence-electron chi connectivity index (χ0n) is 16.2. The lowest BCUT2D eigenvalue weighted by molar-refractivity contribution is -0.118. The highest BCUT2D eigenvalue weighted by atomic mass is 32.2. The van der Waals surface area contributed by atoms with Gasteiger partial charge in [-0.2, -0.15) is 0 Å². The van der Waals surface area contributed by atoms with Gasteiger partial charge in [0.25, 0.3) is 15.9 Å². The maximum atomic E-state index is 13.1. The number of rotatable bonds is 7. The molecule has 0 aliphatic carbocycles. The van der Waals surface area contributed by atoms with Crippen molar-refractivity contribution in [2.45, 2.75) is 18.7 Å². The van der Waals surface area contributed by atoms with Gasteiger partial charge in [-0.3, -0.25) is 9.52 Å². The molecule has 0 aliphatic heterocycles. The van der Waals surface area contributed by atoms with Crippen LogP contribution >= 0.6 is 0 Å². The van der Waals surface area contributed by atoms with Crippen LogP contribution < -0.4 is 14.8 Å². The standard InChI is InChI=1S/C20H19FN4O4S/c1-13-10-19(23-14(2)22-13)25-30(27,28)18-8-6-16(7-9-18)24-20(26)12-29-17-5-3-4-15(21)11-17/h3-11H,12H2,1-2H3,(H,24,26)(H,22,23,25). The number of carbonyl (C=O) groups is 1. The van der Waals surface area contributed by atoms with E-state index in [9.17, 15) is 17.6 Å². The second-order valence-electron chi connectivity index (χ2n) is 6.37. The molecule has 0 atom stereocenters. The summed E-state index contributed by atoms with van der Waals surface area (Å²) in [6, 6.07) is 12.6. The van der Waals surface area contributed by atoms with Gasteiger partial charge >= 0.3 is 0 Å². The van der Waals surface area contributed by atoms with Gasteiger partial charge in [0.1, 0.15) is 23.2 Å². The molecule has 0 fully saturated rings. The van der Waals surface area contributed by atoms with Crippen molar-refractivity contribution in [3.05, 3.63) is 71.9 Å². The van der Waals surface area contributed by atoms with Crippen LogP contribution in [0, 0.1) is 19.7 Å². The molecule has 0 saturated heterocycles. The summed E-state index contributed by atoms with van der Waals surface area (Å²) in [5, 5.41) is 2.58. The Bertz CT molecular complexity index is 1150. The number of halogens is 1. The number of hydrogen-bond donors (Lipinski definition) is 2. The molecule has 0 aliphatic rings. The Labute approximate surface area is 173 Å². The monoisotopic (exact) mass is 430 g/mol. The molecule has 2 N–H and O–H groups in total. The van der Waals surface area contributed by atoms with E-state index in [1.807, 2.05) is 0 Å². The minimum atomic E-state index is -3.86. The average Bonchev–Trinajstić information content (AvgIpc) is 2.66. The number of amides is 1. The predicted octanol–water partition coefficient (Wildman–Crippen LogP) is 3.05. The summed E-state index contributed by atoms with van der Waals surface area (Å²) in [4.78, 5) is 20.1. The molecule has 2 aromatic carbocycles. The summed E-state index contributed by atoms with van der Waals surface area (Å²) in [5.41, 5.74) is 1.02. The third-order valence-electron chi connectivity index (χ3n) is 3.82. The van der Waals surface area contributed by atoms with Crippen LogP contribution in [-0.4, -0.2) is 30.9 Å². The fourth-order valence-corrected chi connectivity index (χ4v) is 3.58. The van der Waals surface area contributed by atoms with Gasteiger partial charge in [-0.1, -0.05) is 6.07 Å². The number of hydrogen-bond acceptors (Lipinski definition) is 6. The normalized spacial score (nSPS) is 11.0. The molecule has 0 saturated carbocycles. The highest BCUT2D eigenvalue weighted by Gasteiger charge is 2.16. The largest absolute Gasteiger partial charge is 0.484 e. The molecule has 1 heterocycles. The van der Waals surface area contributed by atoms with Crippen LogP contribution in [0.1, 0.15) is 11.5 Å². The molecule has 3 rings (SSSR count). The van der Waals surface area contributed by atoms with Gasteiger partial charge in [0.15, 0.2) is 6.61 Å². The lowest BCUT2D eigenvalue weighted by Gasteiger charge is -2.10. The first-order chi connectivity index (χ1) is 14.2. The molecule has 0 radical (unpaired) electrons. The Morgan fingerprint density at radius 3 is 2.47 bits per heavy atom. The van der Waals surface area contributed by atoms with Crippen LogP contribution in [0.5, 0.6) is 5.75 Å². The van der Waals surface area contributed by atoms with Crippen molar-refractivity contribution in [2.24, 2.45) is 0 Å². The molecule has 10 heteroatoms. The van der Waals surface area contributed by atoms with E-state index in [-0.39, 0.29) is 23.1 Å². The van der Waals surface area contributed by atoms with E-state index in [0.29, 0.717) is 17.2 Å². The number of sulfonamides is 1. The van der Waals surface area contributed by atoms with E-state index < -0.39 is 21.7 Å². The first-order valence-corrected chi connectivity index (χ1v) is 10.3. The third-order valence-corrected chi connectivity index (χ3v) is 5.19. The van der Waals surface area contributed by atoms with Gasteiger partial charge < -0.3 is 10.1 Å². The summed E-state index contributed by atoms with van der Waals surface area (Å²) in [7, 11) is -3.86. The van der Waals surface area contributed by atoms with Gasteiger partial charge in [-0.05, 0) is 50.2 Å². The van der Waals surface area contributed by atoms with Gasteiger partial charge in [0.2, 0.25) is 0 Å². The van der Waals surface area contributed by atoms with Gasteiger partial charge in [0.05, 0.1) is 4.90 Å². The van der Waals surface area contributed by atoms with Crippen molar-refractivity contribution in [3.8, 4) is 5.75 Å². The Hall–Kier alpha value is -3.53. The maximum Gasteiger partial charge on any atom is 0.263 e. The Kier molecular flexibility index (Phi) is 6.26. The lowest BCUT2D eigenvalue weighted by atomic mass is 10.3. The zero-order chi connectivity index (χ0) is 21.7. The molecule has 30 heavy (non-hydrogen) atoms. The Morgan fingerprint density at radius 1 is 1.07 bits per heavy atom. The van der Waals surface area contributed by atoms with Crippen LogP contribution in [0.4, 0.5) is 15.9 Å². The fourth-order valence-electron chi connectivity index (χ4n) is 2.59. The summed E-state index contributed by atoms with van der Waals surface area (Å²) in [6.07, 6.45) is 0. The van der Waals surface area contributed by atoms with Crippen molar-refractivity contribution < 1.29 is 22.3 Å². The average molecular weight is 430 g/mol. The van der Waals surface area contributed by atoms with Crippen molar-refractivity contribution in [1.82, 2.24) is 9.97 Å². The number of aryl methyl sites for hydroxylation is 2. The molecule has 156 valence electrons. The SMILES string of the molecule is Cc1cc(NS(=O)(=O)c2ccc(NC(=O)COc3cccc(F)c3)cc2)nc(C)n1. The van der Waals surface area contributed by atoms with E-state index in [2.05, 4.69) is 20.0 Å². The van der Waals surface area contributed by atoms with Crippen molar-refractivity contribution >= 4 is 27.4 Å². The summed E-state index contributed by atoms with van der Waals surface area (Å²) >= 11 is 0. The first-order valence-electron chi connectivity index (χ1n) is 8.85. The van der Waals surface area contributed by atoms with Crippen LogP contribution in [0.25, 0.3) is 0 Å². The lowest BCUT2D eigenvalue weighted by Crippen LogP contribution is -2.20. The number of carbonyl (C=O) groups excluding carboxylic acids is 1. The number of ether oxygens (including phenoxy) is 1. The van der Waals surface area contributed by atoms with Gasteiger partial charge in [-0.25, -0.2) is 22.8 Å². The summed E-state index contributed by atoms with van der Waals surface area (Å²) < 4.78 is 45.8. The summed E-state index contributed by atoms with van der Waals surface area (Å²) in [5.74, 6) is -0.0866. The number of nitrogens with zero attached hydrogens (tertiary/aromatic N) is 2. The highest BCUT2D eigenvalue weighted by Crippen LogP contribution is 2.18. The minimum absolute atomic E-state index is 0.00503. The Morgan fingerprint density at radius 2 is 1.80 bits per heavy atom. The minimum Gasteiger partial charge on any atom is -0.484 e.